The maximum absolute atomic E-state index is 13.0. The lowest BCUT2D eigenvalue weighted by atomic mass is 9.95. The molecule has 1 N–H and O–H groups in total. The molecule has 1 amide bonds. The van der Waals surface area contributed by atoms with E-state index in [-0.39, 0.29) is 24.5 Å². The van der Waals surface area contributed by atoms with Gasteiger partial charge in [-0.1, -0.05) is 33.4 Å². The number of carbonyl (C=O) groups is 5. The molecule has 0 bridgehead atoms. The fourth-order valence-corrected chi connectivity index (χ4v) is 3.38. The highest BCUT2D eigenvalue weighted by Gasteiger charge is 2.41. The van der Waals surface area contributed by atoms with Crippen LogP contribution >= 0.6 is 0 Å². The molecule has 0 aromatic carbocycles. The van der Waals surface area contributed by atoms with Crippen molar-refractivity contribution >= 4 is 30.0 Å². The van der Waals surface area contributed by atoms with E-state index >= 15 is 0 Å². The van der Waals surface area contributed by atoms with E-state index in [1.54, 1.807) is 27.7 Å². The molecular weight excluding hydrogens is 488 g/mol. The van der Waals surface area contributed by atoms with Crippen molar-refractivity contribution in [3.8, 4) is 5.75 Å². The lowest BCUT2D eigenvalue weighted by Crippen LogP contribution is -2.47. The highest BCUT2D eigenvalue weighted by atomic mass is 16.7. The van der Waals surface area contributed by atoms with Crippen LogP contribution in [0.25, 0.3) is 0 Å². The van der Waals surface area contributed by atoms with E-state index < -0.39 is 66.7 Å². The second-order valence-electron chi connectivity index (χ2n) is 8.63. The first kappa shape index (κ1) is 29.3. The van der Waals surface area contributed by atoms with Crippen LogP contribution in [-0.4, -0.2) is 66.4 Å². The third kappa shape index (κ3) is 7.76. The van der Waals surface area contributed by atoms with Crippen LogP contribution in [0.4, 0.5) is 4.79 Å². The van der Waals surface area contributed by atoms with E-state index in [1.165, 1.54) is 25.3 Å². The van der Waals surface area contributed by atoms with Gasteiger partial charge in [0.15, 0.2) is 23.6 Å². The maximum atomic E-state index is 13.0. The second-order valence-corrected chi connectivity index (χ2v) is 8.63. The highest BCUT2D eigenvalue weighted by Crippen LogP contribution is 2.25. The Kier molecular flexibility index (Phi) is 10.6. The van der Waals surface area contributed by atoms with Crippen LogP contribution in [0.3, 0.4) is 0 Å². The molecule has 0 unspecified atom stereocenters. The van der Waals surface area contributed by atoms with Gasteiger partial charge < -0.3 is 29.0 Å². The first-order chi connectivity index (χ1) is 17.5. The number of hydrogen-bond donors (Lipinski definition) is 1. The van der Waals surface area contributed by atoms with Gasteiger partial charge in [-0.05, 0) is 31.9 Å². The molecule has 0 spiro atoms. The molecule has 1 fully saturated rings. The summed E-state index contributed by atoms with van der Waals surface area (Å²) in [4.78, 5) is 66.8. The van der Waals surface area contributed by atoms with E-state index in [4.69, 9.17) is 23.7 Å². The number of amides is 1. The summed E-state index contributed by atoms with van der Waals surface area (Å²) in [6.07, 6.45) is -0.263. The number of nitrogens with zero attached hydrogens (tertiary/aromatic N) is 1. The second kappa shape index (κ2) is 13.4. The maximum Gasteiger partial charge on any atom is 0.514 e. The summed E-state index contributed by atoms with van der Waals surface area (Å²) in [5.41, 5.74) is 0.0890. The van der Waals surface area contributed by atoms with Crippen LogP contribution in [0.15, 0.2) is 24.9 Å². The van der Waals surface area contributed by atoms with Gasteiger partial charge in [-0.25, -0.2) is 14.6 Å². The highest BCUT2D eigenvalue weighted by molar-refractivity contribution is 5.98. The molecule has 0 radical (unpaired) electrons. The Morgan fingerprint density at radius 3 is 2.59 bits per heavy atom. The first-order valence-corrected chi connectivity index (χ1v) is 11.8. The van der Waals surface area contributed by atoms with E-state index in [9.17, 15) is 24.0 Å². The number of hydrogen-bond acceptors (Lipinski definition) is 11. The summed E-state index contributed by atoms with van der Waals surface area (Å²) < 4.78 is 26.1. The molecule has 12 nitrogen and oxygen atoms in total. The quantitative estimate of drug-likeness (QED) is 0.305. The number of cyclic esters (lactones) is 2. The van der Waals surface area contributed by atoms with Crippen LogP contribution < -0.4 is 10.1 Å². The summed E-state index contributed by atoms with van der Waals surface area (Å²) in [7, 11) is 0. The minimum atomic E-state index is -1.42. The third-order valence-electron chi connectivity index (χ3n) is 5.43. The van der Waals surface area contributed by atoms with Gasteiger partial charge in [-0.15, -0.1) is 0 Å². The molecule has 2 rings (SSSR count). The zero-order valence-corrected chi connectivity index (χ0v) is 21.5. The summed E-state index contributed by atoms with van der Waals surface area (Å²) in [6, 6.07) is 0.0903. The number of rotatable bonds is 8. The number of esters is 3. The van der Waals surface area contributed by atoms with Crippen molar-refractivity contribution in [1.82, 2.24) is 10.3 Å². The van der Waals surface area contributed by atoms with E-state index in [2.05, 4.69) is 16.9 Å². The van der Waals surface area contributed by atoms with Gasteiger partial charge in [0.2, 0.25) is 0 Å². The molecule has 1 aliphatic heterocycles. The molecule has 12 heteroatoms. The summed E-state index contributed by atoms with van der Waals surface area (Å²) >= 11 is 0. The average Bonchev–Trinajstić information content (AvgIpc) is 2.88. The molecule has 4 atom stereocenters. The Morgan fingerprint density at radius 2 is 1.97 bits per heavy atom. The number of carbonyl (C=O) groups excluding carboxylic acids is 5. The third-order valence-corrected chi connectivity index (χ3v) is 5.43. The van der Waals surface area contributed by atoms with Gasteiger partial charge in [0.25, 0.3) is 5.91 Å². The van der Waals surface area contributed by atoms with Crippen LogP contribution in [0.2, 0.25) is 0 Å². The SMILES string of the molecule is C=CCOC(=O)Oc1c(C)ccnc1C(=O)N[C@H]1COC(=O)[C@H](CC)[C@@H](OC(=O)C(C)C)[C@H](C)OC1=O. The minimum Gasteiger partial charge on any atom is -0.463 e. The number of nitrogens with one attached hydrogen (secondary N) is 1. The lowest BCUT2D eigenvalue weighted by Gasteiger charge is -2.29. The summed E-state index contributed by atoms with van der Waals surface area (Å²) in [6.45, 7) is 10.8. The van der Waals surface area contributed by atoms with Gasteiger partial charge in [0.1, 0.15) is 19.3 Å². The van der Waals surface area contributed by atoms with Gasteiger partial charge in [-0.2, -0.15) is 0 Å². The molecule has 0 saturated carbocycles. The largest absolute Gasteiger partial charge is 0.514 e. The number of ether oxygens (including phenoxy) is 5. The van der Waals surface area contributed by atoms with Crippen molar-refractivity contribution in [2.24, 2.45) is 11.8 Å². The minimum absolute atomic E-state index is 0.108. The van der Waals surface area contributed by atoms with E-state index in [1.807, 2.05) is 0 Å². The molecule has 2 heterocycles. The van der Waals surface area contributed by atoms with Crippen molar-refractivity contribution in [1.29, 1.82) is 0 Å². The van der Waals surface area contributed by atoms with Crippen LogP contribution in [-0.2, 0) is 33.3 Å². The zero-order chi connectivity index (χ0) is 27.7. The van der Waals surface area contributed by atoms with Crippen LogP contribution in [0.1, 0.15) is 50.2 Å². The lowest BCUT2D eigenvalue weighted by molar-refractivity contribution is -0.176. The van der Waals surface area contributed by atoms with Crippen molar-refractivity contribution in [3.05, 3.63) is 36.2 Å². The van der Waals surface area contributed by atoms with E-state index in [0.717, 1.165) is 0 Å². The predicted molar refractivity (Wildman–Crippen MR) is 127 cm³/mol. The standard InChI is InChI=1S/C25H32N2O10/c1-7-11-33-25(32)37-19-14(5)9-10-26-18(19)21(28)27-17-12-34-23(30)16(8-2)20(15(6)35-24(17)31)36-22(29)13(3)4/h7,9-10,13,15-17,20H,1,8,11-12H2,2-6H3,(H,27,28)/t15-,16+,17-,20-/m0/s1. The van der Waals surface area contributed by atoms with Gasteiger partial charge in [0, 0.05) is 6.20 Å². The van der Waals surface area contributed by atoms with Gasteiger partial charge in [0.05, 0.1) is 11.8 Å². The molecule has 1 aromatic rings. The Labute approximate surface area is 214 Å². The fourth-order valence-electron chi connectivity index (χ4n) is 3.38. The van der Waals surface area contributed by atoms with Crippen LogP contribution in [0.5, 0.6) is 5.75 Å². The van der Waals surface area contributed by atoms with Crippen LogP contribution in [0, 0.1) is 18.8 Å². The first-order valence-electron chi connectivity index (χ1n) is 11.8. The Bertz CT molecular complexity index is 1040. The molecule has 202 valence electrons. The predicted octanol–water partition coefficient (Wildman–Crippen LogP) is 2.27. The molecule has 37 heavy (non-hydrogen) atoms. The Morgan fingerprint density at radius 1 is 1.27 bits per heavy atom. The molecule has 0 aliphatic carbocycles. The molecular formula is C25H32N2O10. The fraction of sp³-hybridized carbons (Fsp3) is 0.520. The normalized spacial score (nSPS) is 21.9. The molecule has 1 saturated heterocycles. The summed E-state index contributed by atoms with van der Waals surface area (Å²) in [5, 5.41) is 2.40. The molecule has 1 aliphatic rings. The number of aryl methyl sites for hydroxylation is 1. The zero-order valence-electron chi connectivity index (χ0n) is 21.5. The van der Waals surface area contributed by atoms with Crippen molar-refractivity contribution in [3.63, 3.8) is 0 Å². The van der Waals surface area contributed by atoms with Crippen molar-refractivity contribution in [2.45, 2.75) is 59.3 Å². The Balaban J connectivity index is 2.26. The van der Waals surface area contributed by atoms with Crippen molar-refractivity contribution < 1.29 is 47.7 Å². The smallest absolute Gasteiger partial charge is 0.463 e. The van der Waals surface area contributed by atoms with Gasteiger partial charge in [-0.3, -0.25) is 14.4 Å². The number of pyridine rings is 1. The average molecular weight is 521 g/mol. The van der Waals surface area contributed by atoms with Gasteiger partial charge >= 0.3 is 24.1 Å². The Hall–Kier alpha value is -3.96. The number of aromatic nitrogens is 1. The van der Waals surface area contributed by atoms with Crippen molar-refractivity contribution in [2.75, 3.05) is 13.2 Å². The summed E-state index contributed by atoms with van der Waals surface area (Å²) in [5.74, 6) is -4.62. The molecule has 1 aromatic heterocycles. The topological polar surface area (TPSA) is 156 Å². The monoisotopic (exact) mass is 520 g/mol. The van der Waals surface area contributed by atoms with E-state index in [0.29, 0.717) is 5.56 Å².